The van der Waals surface area contributed by atoms with Crippen LogP contribution >= 0.6 is 11.3 Å². The van der Waals surface area contributed by atoms with Gasteiger partial charge in [-0.3, -0.25) is 4.79 Å². The standard InChI is InChI=1S/C16H19FN4O2S/c1-3-21(4-2)16-18-9-12(24-16)10-19-20-15(22)11-23-14-8-6-5-7-13(14)17/h5-10H,3-4,11H2,1-2H3,(H,20,22)/b19-10-. The van der Waals surface area contributed by atoms with Crippen molar-refractivity contribution in [3.63, 3.8) is 0 Å². The number of carbonyl (C=O) groups is 1. The molecule has 0 spiro atoms. The molecule has 0 unspecified atom stereocenters. The number of hydrogen-bond acceptors (Lipinski definition) is 6. The van der Waals surface area contributed by atoms with E-state index in [1.165, 1.54) is 29.7 Å². The second-order valence-electron chi connectivity index (χ2n) is 4.73. The van der Waals surface area contributed by atoms with Crippen molar-refractivity contribution in [3.05, 3.63) is 41.2 Å². The van der Waals surface area contributed by atoms with Crippen molar-refractivity contribution in [1.82, 2.24) is 10.4 Å². The summed E-state index contributed by atoms with van der Waals surface area (Å²) >= 11 is 1.49. The van der Waals surface area contributed by atoms with Gasteiger partial charge in [-0.2, -0.15) is 5.10 Å². The van der Waals surface area contributed by atoms with Crippen molar-refractivity contribution < 1.29 is 13.9 Å². The average molecular weight is 350 g/mol. The lowest BCUT2D eigenvalue weighted by Gasteiger charge is -2.16. The number of aromatic nitrogens is 1. The lowest BCUT2D eigenvalue weighted by atomic mass is 10.3. The zero-order chi connectivity index (χ0) is 17.4. The summed E-state index contributed by atoms with van der Waals surface area (Å²) in [5.74, 6) is -0.951. The van der Waals surface area contributed by atoms with Crippen molar-refractivity contribution in [2.75, 3.05) is 24.6 Å². The Bertz CT molecular complexity index is 701. The van der Waals surface area contributed by atoms with Gasteiger partial charge in [-0.25, -0.2) is 14.8 Å². The summed E-state index contributed by atoms with van der Waals surface area (Å²) in [5.41, 5.74) is 2.34. The van der Waals surface area contributed by atoms with E-state index in [1.807, 2.05) is 0 Å². The Morgan fingerprint density at radius 3 is 2.88 bits per heavy atom. The van der Waals surface area contributed by atoms with E-state index >= 15 is 0 Å². The fraction of sp³-hybridized carbons (Fsp3) is 0.312. The number of ether oxygens (including phenoxy) is 1. The maximum atomic E-state index is 13.3. The van der Waals surface area contributed by atoms with Gasteiger partial charge in [-0.15, -0.1) is 0 Å². The summed E-state index contributed by atoms with van der Waals surface area (Å²) in [6, 6.07) is 5.90. The molecule has 24 heavy (non-hydrogen) atoms. The SMILES string of the molecule is CCN(CC)c1ncc(/C=N\NC(=O)COc2ccccc2F)s1. The third-order valence-electron chi connectivity index (χ3n) is 3.12. The van der Waals surface area contributed by atoms with Crippen LogP contribution in [0.2, 0.25) is 0 Å². The molecule has 8 heteroatoms. The third-order valence-corrected chi connectivity index (χ3v) is 4.11. The lowest BCUT2D eigenvalue weighted by Crippen LogP contribution is -2.24. The number of hydrogen-bond donors (Lipinski definition) is 1. The van der Waals surface area contributed by atoms with Crippen molar-refractivity contribution in [2.24, 2.45) is 5.10 Å². The summed E-state index contributed by atoms with van der Waals surface area (Å²) in [5, 5.41) is 4.77. The molecule has 0 saturated heterocycles. The van der Waals surface area contributed by atoms with Crippen molar-refractivity contribution >= 4 is 28.6 Å². The van der Waals surface area contributed by atoms with E-state index in [4.69, 9.17) is 4.74 Å². The van der Waals surface area contributed by atoms with Crippen molar-refractivity contribution in [1.29, 1.82) is 0 Å². The number of nitrogens with one attached hydrogen (secondary N) is 1. The van der Waals surface area contributed by atoms with Gasteiger partial charge in [0.25, 0.3) is 5.91 Å². The summed E-state index contributed by atoms with van der Waals surface area (Å²) in [6.45, 7) is 5.57. The summed E-state index contributed by atoms with van der Waals surface area (Å²) in [7, 11) is 0. The van der Waals surface area contributed by atoms with Crippen LogP contribution in [0.1, 0.15) is 18.7 Å². The van der Waals surface area contributed by atoms with E-state index in [-0.39, 0.29) is 12.4 Å². The molecule has 1 heterocycles. The molecule has 0 saturated carbocycles. The van der Waals surface area contributed by atoms with Crippen LogP contribution in [0.25, 0.3) is 0 Å². The average Bonchev–Trinajstić information content (AvgIpc) is 3.04. The van der Waals surface area contributed by atoms with Crippen LogP contribution < -0.4 is 15.1 Å². The highest BCUT2D eigenvalue weighted by Gasteiger charge is 2.07. The highest BCUT2D eigenvalue weighted by atomic mass is 32.1. The number of hydrazone groups is 1. The Labute approximate surface area is 144 Å². The molecule has 6 nitrogen and oxygen atoms in total. The molecule has 2 rings (SSSR count). The molecular weight excluding hydrogens is 331 g/mol. The minimum Gasteiger partial charge on any atom is -0.481 e. The van der Waals surface area contributed by atoms with Gasteiger partial charge in [-0.1, -0.05) is 23.5 Å². The number of rotatable bonds is 8. The number of benzene rings is 1. The topological polar surface area (TPSA) is 66.8 Å². The Morgan fingerprint density at radius 2 is 2.17 bits per heavy atom. The van der Waals surface area contributed by atoms with Crippen LogP contribution in [0, 0.1) is 5.82 Å². The highest BCUT2D eigenvalue weighted by molar-refractivity contribution is 7.17. The molecular formula is C16H19FN4O2S. The van der Waals surface area contributed by atoms with E-state index < -0.39 is 11.7 Å². The number of halogens is 1. The summed E-state index contributed by atoms with van der Waals surface area (Å²) in [6.07, 6.45) is 3.22. The second-order valence-corrected chi connectivity index (χ2v) is 5.77. The number of anilines is 1. The molecule has 2 aromatic rings. The molecule has 128 valence electrons. The van der Waals surface area contributed by atoms with E-state index in [2.05, 4.69) is 34.3 Å². The van der Waals surface area contributed by atoms with Crippen LogP contribution in [0.5, 0.6) is 5.75 Å². The van der Waals surface area contributed by atoms with E-state index in [9.17, 15) is 9.18 Å². The van der Waals surface area contributed by atoms with E-state index in [0.717, 1.165) is 23.1 Å². The molecule has 0 bridgehead atoms. The molecule has 1 aromatic heterocycles. The predicted octanol–water partition coefficient (Wildman–Crippen LogP) is 2.66. The van der Waals surface area contributed by atoms with Crippen molar-refractivity contribution in [2.45, 2.75) is 13.8 Å². The minimum atomic E-state index is -0.512. The van der Waals surface area contributed by atoms with Gasteiger partial charge in [0.15, 0.2) is 23.3 Å². The smallest absolute Gasteiger partial charge is 0.277 e. The van der Waals surface area contributed by atoms with Crippen LogP contribution in [0.3, 0.4) is 0 Å². The van der Waals surface area contributed by atoms with E-state index in [0.29, 0.717) is 0 Å². The number of carbonyl (C=O) groups excluding carboxylic acids is 1. The first-order chi connectivity index (χ1) is 11.6. The molecule has 0 atom stereocenters. The molecule has 1 aromatic carbocycles. The molecule has 1 amide bonds. The molecule has 0 aliphatic heterocycles. The zero-order valence-electron chi connectivity index (χ0n) is 13.5. The summed E-state index contributed by atoms with van der Waals surface area (Å²) < 4.78 is 18.4. The fourth-order valence-corrected chi connectivity index (χ4v) is 2.80. The van der Waals surface area contributed by atoms with Crippen molar-refractivity contribution in [3.8, 4) is 5.75 Å². The Kier molecular flexibility index (Phi) is 6.68. The van der Waals surface area contributed by atoms with Crippen LogP contribution in [0.4, 0.5) is 9.52 Å². The zero-order valence-corrected chi connectivity index (χ0v) is 14.3. The van der Waals surface area contributed by atoms with Crippen LogP contribution in [-0.4, -0.2) is 36.8 Å². The van der Waals surface area contributed by atoms with Gasteiger partial charge in [0.2, 0.25) is 0 Å². The number of amides is 1. The molecule has 0 aliphatic carbocycles. The maximum Gasteiger partial charge on any atom is 0.277 e. The lowest BCUT2D eigenvalue weighted by molar-refractivity contribution is -0.123. The third kappa shape index (κ3) is 5.02. The predicted molar refractivity (Wildman–Crippen MR) is 93.3 cm³/mol. The highest BCUT2D eigenvalue weighted by Crippen LogP contribution is 2.20. The Hall–Kier alpha value is -2.48. The first-order valence-corrected chi connectivity index (χ1v) is 8.35. The number of thiazole rings is 1. The molecule has 0 fully saturated rings. The van der Waals surface area contributed by atoms with Gasteiger partial charge >= 0.3 is 0 Å². The summed E-state index contributed by atoms with van der Waals surface area (Å²) in [4.78, 5) is 18.9. The monoisotopic (exact) mass is 350 g/mol. The Morgan fingerprint density at radius 1 is 1.42 bits per heavy atom. The van der Waals surface area contributed by atoms with Crippen LogP contribution in [-0.2, 0) is 4.79 Å². The first-order valence-electron chi connectivity index (χ1n) is 7.54. The van der Waals surface area contributed by atoms with Gasteiger partial charge in [-0.05, 0) is 26.0 Å². The van der Waals surface area contributed by atoms with Gasteiger partial charge < -0.3 is 9.64 Å². The molecule has 1 N–H and O–H groups in total. The second kappa shape index (κ2) is 8.97. The number of nitrogens with zero attached hydrogens (tertiary/aromatic N) is 3. The molecule has 0 aliphatic rings. The van der Waals surface area contributed by atoms with Gasteiger partial charge in [0.05, 0.1) is 11.1 Å². The van der Waals surface area contributed by atoms with Gasteiger partial charge in [0.1, 0.15) is 0 Å². The van der Waals surface area contributed by atoms with E-state index in [1.54, 1.807) is 18.3 Å². The Balaban J connectivity index is 1.81. The largest absolute Gasteiger partial charge is 0.481 e. The van der Waals surface area contributed by atoms with Gasteiger partial charge in [0, 0.05) is 19.3 Å². The maximum absolute atomic E-state index is 13.3. The minimum absolute atomic E-state index is 0.0305. The molecule has 0 radical (unpaired) electrons. The normalized spacial score (nSPS) is 10.8. The fourth-order valence-electron chi connectivity index (χ4n) is 1.88. The first kappa shape index (κ1) is 17.9. The quantitative estimate of drug-likeness (QED) is 0.587. The van der Waals surface area contributed by atoms with Crippen LogP contribution in [0.15, 0.2) is 35.6 Å². The number of para-hydroxylation sites is 1.